The number of carbonyl (C=O) groups excluding carboxylic acids is 4. The average molecular weight is 534 g/mol. The summed E-state index contributed by atoms with van der Waals surface area (Å²) < 4.78 is 24.9. The predicted octanol–water partition coefficient (Wildman–Crippen LogP) is 1.44. The van der Waals surface area contributed by atoms with Crippen molar-refractivity contribution in [3.63, 3.8) is 0 Å². The zero-order valence-corrected chi connectivity index (χ0v) is 21.8. The number of aromatic nitrogens is 2. The van der Waals surface area contributed by atoms with Crippen molar-refractivity contribution in [1.29, 1.82) is 0 Å². The molecule has 3 rings (SSSR count). The number of H-pyrrole nitrogens is 1. The molecule has 3 amide bonds. The van der Waals surface area contributed by atoms with E-state index in [0.29, 0.717) is 0 Å². The number of nitrogens with one attached hydrogen (secondary N) is 2. The second-order valence-electron chi connectivity index (χ2n) is 9.65. The lowest BCUT2D eigenvalue weighted by Gasteiger charge is -2.36. The quantitative estimate of drug-likeness (QED) is 0.513. The van der Waals surface area contributed by atoms with E-state index in [1.807, 2.05) is 0 Å². The van der Waals surface area contributed by atoms with Crippen molar-refractivity contribution in [3.05, 3.63) is 52.2 Å². The van der Waals surface area contributed by atoms with Crippen molar-refractivity contribution in [3.8, 4) is 5.69 Å². The van der Waals surface area contributed by atoms with Gasteiger partial charge in [0.25, 0.3) is 11.5 Å². The third-order valence-corrected chi connectivity index (χ3v) is 5.54. The molecule has 0 radical (unpaired) electrons. The first-order chi connectivity index (χ1) is 17.9. The first kappa shape index (κ1) is 28.4. The molecule has 2 heterocycles. The van der Waals surface area contributed by atoms with Crippen LogP contribution in [0.25, 0.3) is 5.69 Å². The lowest BCUT2D eigenvalue weighted by Crippen LogP contribution is -2.56. The van der Waals surface area contributed by atoms with Crippen LogP contribution in [0.15, 0.2) is 35.1 Å². The van der Waals surface area contributed by atoms with E-state index in [1.165, 1.54) is 28.0 Å². The molecule has 0 saturated carbocycles. The Balaban J connectivity index is 1.77. The molecule has 1 saturated heterocycles. The topological polar surface area (TPSA) is 143 Å². The first-order valence-corrected chi connectivity index (χ1v) is 12.2. The number of nitrogens with zero attached hydrogens (tertiary/aromatic N) is 3. The van der Waals surface area contributed by atoms with E-state index in [2.05, 4.69) is 10.4 Å². The lowest BCUT2D eigenvalue weighted by molar-refractivity contribution is -0.157. The third-order valence-electron chi connectivity index (χ3n) is 5.54. The summed E-state index contributed by atoms with van der Waals surface area (Å²) in [5, 5.41) is 5.11. The molecular formula is C25H32FN5O7. The fourth-order valence-corrected chi connectivity index (χ4v) is 3.85. The number of benzene rings is 1. The molecule has 1 aromatic carbocycles. The molecule has 38 heavy (non-hydrogen) atoms. The number of rotatable bonds is 7. The number of aromatic amines is 1. The Morgan fingerprint density at radius 3 is 2.34 bits per heavy atom. The summed E-state index contributed by atoms with van der Waals surface area (Å²) in [4.78, 5) is 66.2. The second-order valence-corrected chi connectivity index (χ2v) is 9.65. The third kappa shape index (κ3) is 7.43. The van der Waals surface area contributed by atoms with Crippen LogP contribution in [0.4, 0.5) is 9.18 Å². The van der Waals surface area contributed by atoms with Crippen molar-refractivity contribution in [1.82, 2.24) is 24.9 Å². The number of ether oxygens (including phenoxy) is 2. The number of carbonyl (C=O) groups is 4. The van der Waals surface area contributed by atoms with Crippen LogP contribution in [0.5, 0.6) is 0 Å². The van der Waals surface area contributed by atoms with Gasteiger partial charge in [-0.3, -0.25) is 24.3 Å². The molecule has 0 spiro atoms. The van der Waals surface area contributed by atoms with Crippen LogP contribution in [0, 0.1) is 5.82 Å². The SMILES string of the molecule is CCOC(=O)N1CCN(C(=O)C(CC(=O)OC(C)(C)C)NC(=O)c2cc(=O)n(-c3cccc(F)c3)[nH]2)CC1. The molecule has 0 bridgehead atoms. The van der Waals surface area contributed by atoms with Crippen molar-refractivity contribution >= 4 is 23.9 Å². The number of hydrogen-bond donors (Lipinski definition) is 2. The fourth-order valence-electron chi connectivity index (χ4n) is 3.85. The average Bonchev–Trinajstić information content (AvgIpc) is 3.24. The Labute approximate surface area is 218 Å². The van der Waals surface area contributed by atoms with E-state index in [9.17, 15) is 28.4 Å². The second kappa shape index (κ2) is 11.9. The molecule has 1 fully saturated rings. The van der Waals surface area contributed by atoms with Gasteiger partial charge in [-0.05, 0) is 45.9 Å². The zero-order chi connectivity index (χ0) is 28.0. The number of hydrogen-bond acceptors (Lipinski definition) is 7. The van der Waals surface area contributed by atoms with Crippen molar-refractivity contribution in [2.75, 3.05) is 32.8 Å². The highest BCUT2D eigenvalue weighted by molar-refractivity contribution is 5.97. The summed E-state index contributed by atoms with van der Waals surface area (Å²) in [6.45, 7) is 7.74. The molecule has 0 aliphatic carbocycles. The highest BCUT2D eigenvalue weighted by Crippen LogP contribution is 2.13. The Morgan fingerprint density at radius 2 is 1.74 bits per heavy atom. The van der Waals surface area contributed by atoms with E-state index in [-0.39, 0.29) is 44.2 Å². The number of halogens is 1. The van der Waals surface area contributed by atoms with Gasteiger partial charge in [-0.25, -0.2) is 13.9 Å². The molecule has 2 N–H and O–H groups in total. The number of esters is 1. The standard InChI is InChI=1S/C25H32FN5O7/c1-5-37-24(36)30-11-9-29(10-12-30)23(35)19(15-21(33)38-25(2,3)4)27-22(34)18-14-20(32)31(28-18)17-8-6-7-16(26)13-17/h6-8,13-14,19,28H,5,9-12,15H2,1-4H3,(H,27,34). The highest BCUT2D eigenvalue weighted by Gasteiger charge is 2.33. The minimum atomic E-state index is -1.30. The minimum Gasteiger partial charge on any atom is -0.460 e. The van der Waals surface area contributed by atoms with E-state index < -0.39 is 53.3 Å². The first-order valence-electron chi connectivity index (χ1n) is 12.2. The van der Waals surface area contributed by atoms with Gasteiger partial charge in [-0.2, -0.15) is 0 Å². The molecule has 1 aliphatic rings. The van der Waals surface area contributed by atoms with Gasteiger partial charge in [0.05, 0.1) is 18.7 Å². The minimum absolute atomic E-state index is 0.172. The maximum Gasteiger partial charge on any atom is 0.409 e. The summed E-state index contributed by atoms with van der Waals surface area (Å²) in [6, 6.07) is 4.93. The predicted molar refractivity (Wildman–Crippen MR) is 133 cm³/mol. The Hall–Kier alpha value is -4.16. The van der Waals surface area contributed by atoms with E-state index >= 15 is 0 Å². The van der Waals surface area contributed by atoms with Crippen LogP contribution in [0.3, 0.4) is 0 Å². The summed E-state index contributed by atoms with van der Waals surface area (Å²) >= 11 is 0. The van der Waals surface area contributed by atoms with Gasteiger partial charge in [-0.15, -0.1) is 0 Å². The van der Waals surface area contributed by atoms with Crippen LogP contribution in [-0.2, 0) is 19.1 Å². The van der Waals surface area contributed by atoms with Crippen LogP contribution in [0.2, 0.25) is 0 Å². The van der Waals surface area contributed by atoms with Gasteiger partial charge in [0.15, 0.2) is 0 Å². The van der Waals surface area contributed by atoms with Crippen LogP contribution >= 0.6 is 0 Å². The lowest BCUT2D eigenvalue weighted by atomic mass is 10.1. The van der Waals surface area contributed by atoms with Gasteiger partial charge >= 0.3 is 12.1 Å². The van der Waals surface area contributed by atoms with E-state index in [0.717, 1.165) is 16.8 Å². The van der Waals surface area contributed by atoms with Gasteiger partial charge in [0.2, 0.25) is 5.91 Å². The summed E-state index contributed by atoms with van der Waals surface area (Å²) in [5.41, 5.74) is -1.44. The molecular weight excluding hydrogens is 501 g/mol. The van der Waals surface area contributed by atoms with Crippen molar-refractivity contribution < 1.29 is 33.0 Å². The summed E-state index contributed by atoms with van der Waals surface area (Å²) in [6.07, 6.45) is -0.931. The van der Waals surface area contributed by atoms with Crippen LogP contribution < -0.4 is 10.9 Å². The fraction of sp³-hybridized carbons (Fsp3) is 0.480. The molecule has 206 valence electrons. The molecule has 1 aliphatic heterocycles. The zero-order valence-electron chi connectivity index (χ0n) is 21.8. The summed E-state index contributed by atoms with van der Waals surface area (Å²) in [7, 11) is 0. The maximum absolute atomic E-state index is 13.6. The van der Waals surface area contributed by atoms with Gasteiger partial charge in [0, 0.05) is 32.2 Å². The molecule has 1 atom stereocenters. The van der Waals surface area contributed by atoms with Gasteiger partial charge < -0.3 is 24.6 Å². The van der Waals surface area contributed by atoms with Crippen molar-refractivity contribution in [2.45, 2.75) is 45.8 Å². The summed E-state index contributed by atoms with van der Waals surface area (Å²) in [5.74, 6) is -2.63. The normalized spacial score (nSPS) is 14.6. The van der Waals surface area contributed by atoms with Crippen molar-refractivity contribution in [2.24, 2.45) is 0 Å². The molecule has 13 heteroatoms. The molecule has 1 aromatic heterocycles. The smallest absolute Gasteiger partial charge is 0.409 e. The Morgan fingerprint density at radius 1 is 1.08 bits per heavy atom. The molecule has 2 aromatic rings. The van der Waals surface area contributed by atoms with Crippen LogP contribution in [-0.4, -0.2) is 87.9 Å². The molecule has 1 unspecified atom stereocenters. The van der Waals surface area contributed by atoms with Gasteiger partial charge in [0.1, 0.15) is 23.2 Å². The van der Waals surface area contributed by atoms with Gasteiger partial charge in [-0.1, -0.05) is 6.07 Å². The Kier molecular flexibility index (Phi) is 8.92. The van der Waals surface area contributed by atoms with Crippen LogP contribution in [0.1, 0.15) is 44.6 Å². The monoisotopic (exact) mass is 533 g/mol. The number of amides is 3. The Bertz CT molecular complexity index is 1240. The largest absolute Gasteiger partial charge is 0.460 e. The highest BCUT2D eigenvalue weighted by atomic mass is 19.1. The van der Waals surface area contributed by atoms with E-state index in [1.54, 1.807) is 27.7 Å². The molecule has 12 nitrogen and oxygen atoms in total. The number of piperazine rings is 1. The van der Waals surface area contributed by atoms with E-state index in [4.69, 9.17) is 9.47 Å². The maximum atomic E-state index is 13.6.